The van der Waals surface area contributed by atoms with Crippen LogP contribution in [0.4, 0.5) is 17.1 Å². The van der Waals surface area contributed by atoms with E-state index < -0.39 is 28.9 Å². The SMILES string of the molecule is CC(=O)c1cc(N=c2nc(-c3ccccc3)[nH]c(=Nc3cc(C(C)=O)c(N)c4c3C(=O)c3ccccc3C4=O)[nH]2)c2c(c1)C(=O)c1ccccc1C2=O. The number of H-pyrrole nitrogens is 2. The van der Waals surface area contributed by atoms with Crippen molar-refractivity contribution in [3.8, 4) is 11.4 Å². The highest BCUT2D eigenvalue weighted by Gasteiger charge is 2.36. The standard InChI is InChI=1S/C41H26N6O6/c1-19(48)22-16-28-31(36(51)24-13-7-6-12-23(24)35(28)50)29(17-22)43-40-45-39(21-10-4-3-5-11-21)46-41(47-40)44-30-18-27(20(2)49)34(42)33-32(30)37(52)25-14-8-9-15-26(25)38(33)53/h3-18H,42H2,1-2H3,(H2,43,44,45,46,47). The Kier molecular flexibility index (Phi) is 7.65. The molecule has 4 N–H and O–H groups in total. The molecule has 6 aromatic rings. The molecule has 0 saturated heterocycles. The molecule has 12 nitrogen and oxygen atoms in total. The summed E-state index contributed by atoms with van der Waals surface area (Å²) in [6.07, 6.45) is 0. The third-order valence-corrected chi connectivity index (χ3v) is 9.20. The molecule has 0 spiro atoms. The third kappa shape index (κ3) is 5.36. The lowest BCUT2D eigenvalue weighted by Crippen LogP contribution is -2.29. The van der Waals surface area contributed by atoms with Gasteiger partial charge in [0.05, 0.1) is 33.8 Å². The quantitative estimate of drug-likeness (QED) is 0.157. The highest BCUT2D eigenvalue weighted by Crippen LogP contribution is 2.39. The number of ketones is 6. The molecule has 2 aliphatic rings. The van der Waals surface area contributed by atoms with Gasteiger partial charge in [-0.2, -0.15) is 4.98 Å². The highest BCUT2D eigenvalue weighted by atomic mass is 16.2. The van der Waals surface area contributed by atoms with E-state index in [1.807, 2.05) is 6.07 Å². The second-order valence-corrected chi connectivity index (χ2v) is 12.5. The number of anilines is 1. The van der Waals surface area contributed by atoms with Crippen molar-refractivity contribution in [2.75, 3.05) is 5.73 Å². The number of aromatic amines is 2. The van der Waals surface area contributed by atoms with E-state index in [0.29, 0.717) is 5.56 Å². The van der Waals surface area contributed by atoms with Gasteiger partial charge in [0.25, 0.3) is 0 Å². The van der Waals surface area contributed by atoms with Gasteiger partial charge in [-0.3, -0.25) is 33.8 Å². The number of carbonyl (C=O) groups excluding carboxylic acids is 6. The van der Waals surface area contributed by atoms with E-state index >= 15 is 0 Å². The molecular formula is C41H26N6O6. The summed E-state index contributed by atoms with van der Waals surface area (Å²) in [7, 11) is 0. The van der Waals surface area contributed by atoms with Gasteiger partial charge in [0.15, 0.2) is 34.7 Å². The first kappa shape index (κ1) is 32.7. The lowest BCUT2D eigenvalue weighted by atomic mass is 9.81. The third-order valence-electron chi connectivity index (χ3n) is 9.20. The molecule has 1 aromatic heterocycles. The van der Waals surface area contributed by atoms with Crippen molar-refractivity contribution in [3.05, 3.63) is 164 Å². The van der Waals surface area contributed by atoms with E-state index in [9.17, 15) is 28.8 Å². The lowest BCUT2D eigenvalue weighted by molar-refractivity contribution is 0.0978. The number of nitrogens with one attached hydrogen (secondary N) is 2. The fraction of sp³-hybridized carbons (Fsp3) is 0.0488. The van der Waals surface area contributed by atoms with Gasteiger partial charge in [0.1, 0.15) is 5.82 Å². The zero-order valence-electron chi connectivity index (χ0n) is 28.1. The normalized spacial score (nSPS) is 13.7. The minimum atomic E-state index is -0.522. The molecule has 8 rings (SSSR count). The molecule has 0 saturated carbocycles. The number of nitrogen functional groups attached to an aromatic ring is 1. The number of Topliss-reactive ketones (excluding diaryl/α,β-unsaturated/α-hetero) is 2. The van der Waals surface area contributed by atoms with Crippen molar-refractivity contribution >= 4 is 51.8 Å². The van der Waals surface area contributed by atoms with Crippen molar-refractivity contribution in [3.63, 3.8) is 0 Å². The van der Waals surface area contributed by atoms with Gasteiger partial charge in [-0.25, -0.2) is 9.98 Å². The molecule has 2 aliphatic carbocycles. The number of rotatable bonds is 5. The monoisotopic (exact) mass is 698 g/mol. The van der Waals surface area contributed by atoms with Crippen LogP contribution in [0.3, 0.4) is 0 Å². The van der Waals surface area contributed by atoms with E-state index in [-0.39, 0.29) is 95.5 Å². The minimum Gasteiger partial charge on any atom is -0.398 e. The predicted molar refractivity (Wildman–Crippen MR) is 193 cm³/mol. The first-order valence-corrected chi connectivity index (χ1v) is 16.4. The molecule has 0 radical (unpaired) electrons. The molecule has 0 bridgehead atoms. The topological polar surface area (TPSA) is 198 Å². The Morgan fingerprint density at radius 1 is 0.585 bits per heavy atom. The van der Waals surface area contributed by atoms with Gasteiger partial charge >= 0.3 is 0 Å². The summed E-state index contributed by atoms with van der Waals surface area (Å²) in [6, 6.07) is 25.9. The summed E-state index contributed by atoms with van der Waals surface area (Å²) in [5.74, 6) is -2.44. The summed E-state index contributed by atoms with van der Waals surface area (Å²) >= 11 is 0. The van der Waals surface area contributed by atoms with Crippen molar-refractivity contribution in [1.29, 1.82) is 0 Å². The number of fused-ring (bicyclic) bond motifs is 4. The van der Waals surface area contributed by atoms with E-state index in [1.54, 1.807) is 60.7 Å². The first-order valence-electron chi connectivity index (χ1n) is 16.4. The first-order chi connectivity index (χ1) is 25.5. The molecular weight excluding hydrogens is 672 g/mol. The molecule has 0 fully saturated rings. The average Bonchev–Trinajstić information content (AvgIpc) is 3.16. The van der Waals surface area contributed by atoms with Gasteiger partial charge in [0, 0.05) is 44.5 Å². The van der Waals surface area contributed by atoms with Gasteiger partial charge in [-0.15, -0.1) is 0 Å². The van der Waals surface area contributed by atoms with Crippen LogP contribution in [0.5, 0.6) is 0 Å². The van der Waals surface area contributed by atoms with Gasteiger partial charge < -0.3 is 10.7 Å². The summed E-state index contributed by atoms with van der Waals surface area (Å²) < 4.78 is 0. The molecule has 1 heterocycles. The molecule has 12 heteroatoms. The Morgan fingerprint density at radius 3 is 1.74 bits per heavy atom. The highest BCUT2D eigenvalue weighted by molar-refractivity contribution is 6.33. The van der Waals surface area contributed by atoms with E-state index in [2.05, 4.69) is 19.9 Å². The van der Waals surface area contributed by atoms with Crippen molar-refractivity contribution in [1.82, 2.24) is 15.0 Å². The van der Waals surface area contributed by atoms with Crippen LogP contribution in [0.1, 0.15) is 98.2 Å². The zero-order valence-corrected chi connectivity index (χ0v) is 28.1. The summed E-state index contributed by atoms with van der Waals surface area (Å²) in [5.41, 5.74) is 7.47. The maximum atomic E-state index is 14.0. The van der Waals surface area contributed by atoms with Crippen molar-refractivity contribution in [2.45, 2.75) is 13.8 Å². The van der Waals surface area contributed by atoms with Gasteiger partial charge in [-0.1, -0.05) is 78.9 Å². The van der Waals surface area contributed by atoms with E-state index in [0.717, 1.165) is 0 Å². The number of benzene rings is 5. The number of nitrogens with two attached hydrogens (primary N) is 1. The van der Waals surface area contributed by atoms with Crippen LogP contribution in [0, 0.1) is 0 Å². The van der Waals surface area contributed by atoms with Crippen LogP contribution in [0.25, 0.3) is 11.4 Å². The minimum absolute atomic E-state index is 0.00131. The summed E-state index contributed by atoms with van der Waals surface area (Å²) in [6.45, 7) is 2.63. The number of hydrogen-bond donors (Lipinski definition) is 3. The summed E-state index contributed by atoms with van der Waals surface area (Å²) in [5, 5.41) is 0. The summed E-state index contributed by atoms with van der Waals surface area (Å²) in [4.78, 5) is 101. The van der Waals surface area contributed by atoms with Crippen LogP contribution in [-0.4, -0.2) is 49.7 Å². The fourth-order valence-corrected chi connectivity index (χ4v) is 6.66. The Labute approximate surface area is 299 Å². The molecule has 5 aromatic carbocycles. The maximum Gasteiger partial charge on any atom is 0.232 e. The molecule has 0 unspecified atom stereocenters. The van der Waals surface area contributed by atoms with Crippen LogP contribution in [-0.2, 0) is 0 Å². The van der Waals surface area contributed by atoms with Crippen LogP contribution in [0.2, 0.25) is 0 Å². The number of nitrogens with zero attached hydrogens (tertiary/aromatic N) is 3. The molecule has 53 heavy (non-hydrogen) atoms. The predicted octanol–water partition coefficient (Wildman–Crippen LogP) is 5.41. The Hall–Kier alpha value is -7.47. The zero-order chi connectivity index (χ0) is 37.1. The van der Waals surface area contributed by atoms with Crippen molar-refractivity contribution in [2.24, 2.45) is 9.98 Å². The average molecular weight is 699 g/mol. The van der Waals surface area contributed by atoms with Crippen molar-refractivity contribution < 1.29 is 28.8 Å². The fourth-order valence-electron chi connectivity index (χ4n) is 6.66. The number of hydrogen-bond acceptors (Lipinski definition) is 10. The number of aromatic nitrogens is 3. The smallest absolute Gasteiger partial charge is 0.232 e. The van der Waals surface area contributed by atoms with Crippen LogP contribution >= 0.6 is 0 Å². The number of carbonyl (C=O) groups is 6. The lowest BCUT2D eigenvalue weighted by Gasteiger charge is -2.21. The second kappa shape index (κ2) is 12.4. The van der Waals surface area contributed by atoms with E-state index in [4.69, 9.17) is 10.7 Å². The molecule has 0 aliphatic heterocycles. The van der Waals surface area contributed by atoms with Crippen LogP contribution < -0.4 is 17.0 Å². The molecule has 256 valence electrons. The van der Waals surface area contributed by atoms with Gasteiger partial charge in [-0.05, 0) is 32.0 Å². The Balaban J connectivity index is 1.42. The van der Waals surface area contributed by atoms with Gasteiger partial charge in [0.2, 0.25) is 11.2 Å². The Morgan fingerprint density at radius 2 is 1.13 bits per heavy atom. The van der Waals surface area contributed by atoms with Crippen LogP contribution in [0.15, 0.2) is 107 Å². The molecule has 0 atom stereocenters. The largest absolute Gasteiger partial charge is 0.398 e. The molecule has 0 amide bonds. The maximum absolute atomic E-state index is 14.0. The van der Waals surface area contributed by atoms with E-state index in [1.165, 1.54) is 44.2 Å². The Bertz CT molecular complexity index is 2830. The second-order valence-electron chi connectivity index (χ2n) is 12.5.